The van der Waals surface area contributed by atoms with E-state index < -0.39 is 28.7 Å². The maximum Gasteiger partial charge on any atom is 0.362 e. The number of carboxylic acid groups (broad SMARTS) is 1. The fraction of sp³-hybridized carbons (Fsp3) is 0.111. The highest BCUT2D eigenvalue weighted by molar-refractivity contribution is 5.84. The minimum Gasteiger partial charge on any atom is -0.476 e. The van der Waals surface area contributed by atoms with Crippen molar-refractivity contribution in [3.63, 3.8) is 0 Å². The van der Waals surface area contributed by atoms with E-state index in [1.807, 2.05) is 19.1 Å². The monoisotopic (exact) mass is 355 g/mol. The lowest BCUT2D eigenvalue weighted by Crippen LogP contribution is -2.44. The van der Waals surface area contributed by atoms with Crippen molar-refractivity contribution in [2.45, 2.75) is 13.5 Å². The lowest BCUT2D eigenvalue weighted by atomic mass is 10.1. The molecule has 0 saturated heterocycles. The Hall–Kier alpha value is -3.55. The topological polar surface area (TPSA) is 94.2 Å². The molecule has 2 aromatic carbocycles. The number of hydrogen-bond acceptors (Lipinski definition) is 4. The van der Waals surface area contributed by atoms with E-state index in [9.17, 15) is 23.9 Å². The largest absolute Gasteiger partial charge is 0.476 e. The van der Waals surface area contributed by atoms with E-state index in [0.29, 0.717) is 10.2 Å². The summed E-state index contributed by atoms with van der Waals surface area (Å²) in [5, 5.41) is 12.9. The highest BCUT2D eigenvalue weighted by Crippen LogP contribution is 2.09. The third-order valence-electron chi connectivity index (χ3n) is 3.90. The Labute approximate surface area is 146 Å². The average Bonchev–Trinajstić information content (AvgIpc) is 2.60. The highest BCUT2D eigenvalue weighted by atomic mass is 19.1. The van der Waals surface area contributed by atoms with Gasteiger partial charge in [-0.05, 0) is 36.2 Å². The fourth-order valence-corrected chi connectivity index (χ4v) is 2.52. The molecule has 0 radical (unpaired) electrons. The van der Waals surface area contributed by atoms with E-state index in [2.05, 4.69) is 5.10 Å². The Balaban J connectivity index is 2.27. The Morgan fingerprint density at radius 3 is 2.54 bits per heavy atom. The maximum absolute atomic E-state index is 13.5. The van der Waals surface area contributed by atoms with Gasteiger partial charge in [-0.15, -0.1) is 0 Å². The quantitative estimate of drug-likeness (QED) is 0.767. The highest BCUT2D eigenvalue weighted by Gasteiger charge is 2.20. The number of hydrogen-bond donors (Lipinski definition) is 1. The van der Waals surface area contributed by atoms with Crippen LogP contribution in [-0.4, -0.2) is 25.4 Å². The van der Waals surface area contributed by atoms with Crippen LogP contribution in [0, 0.1) is 12.7 Å². The third-order valence-corrected chi connectivity index (χ3v) is 3.90. The van der Waals surface area contributed by atoms with Crippen molar-refractivity contribution >= 4 is 5.97 Å². The molecule has 8 heteroatoms. The van der Waals surface area contributed by atoms with Crippen LogP contribution < -0.4 is 11.2 Å². The Morgan fingerprint density at radius 1 is 1.15 bits per heavy atom. The molecule has 0 bridgehead atoms. The third kappa shape index (κ3) is 3.16. The van der Waals surface area contributed by atoms with Gasteiger partial charge in [0, 0.05) is 0 Å². The molecular formula is C18H14FN3O4. The van der Waals surface area contributed by atoms with E-state index >= 15 is 0 Å². The molecule has 0 unspecified atom stereocenters. The van der Waals surface area contributed by atoms with Gasteiger partial charge in [0.15, 0.2) is 0 Å². The van der Waals surface area contributed by atoms with Crippen LogP contribution in [0.4, 0.5) is 4.39 Å². The number of aromatic carboxylic acids is 1. The van der Waals surface area contributed by atoms with Gasteiger partial charge in [-0.1, -0.05) is 30.3 Å². The standard InChI is InChI=1S/C18H14FN3O4/c1-11-5-2-3-6-12(11)10-21-16(23)15(17(24)25)20-22(18(21)26)14-8-4-7-13(19)9-14/h2-9H,10H2,1H3,(H,24,25). The number of nitrogens with zero attached hydrogens (tertiary/aromatic N) is 3. The van der Waals surface area contributed by atoms with Gasteiger partial charge in [-0.3, -0.25) is 9.36 Å². The lowest BCUT2D eigenvalue weighted by molar-refractivity contribution is 0.0684. The smallest absolute Gasteiger partial charge is 0.362 e. The van der Waals surface area contributed by atoms with Crippen LogP contribution in [-0.2, 0) is 6.54 Å². The molecular weight excluding hydrogens is 341 g/mol. The Bertz CT molecular complexity index is 1120. The van der Waals surface area contributed by atoms with Gasteiger partial charge < -0.3 is 5.11 Å². The lowest BCUT2D eigenvalue weighted by Gasteiger charge is -2.12. The van der Waals surface area contributed by atoms with Crippen LogP contribution in [0.25, 0.3) is 5.69 Å². The summed E-state index contributed by atoms with van der Waals surface area (Å²) in [5.74, 6) is -2.19. The molecule has 0 aliphatic rings. The van der Waals surface area contributed by atoms with E-state index in [1.54, 1.807) is 12.1 Å². The van der Waals surface area contributed by atoms with Gasteiger partial charge >= 0.3 is 11.7 Å². The molecule has 0 aliphatic heterocycles. The first kappa shape index (κ1) is 17.3. The number of rotatable bonds is 4. The van der Waals surface area contributed by atoms with E-state index in [1.165, 1.54) is 18.2 Å². The number of aryl methyl sites for hydroxylation is 1. The SMILES string of the molecule is Cc1ccccc1Cn1c(=O)c(C(=O)O)nn(-c2cccc(F)c2)c1=O. The summed E-state index contributed by atoms with van der Waals surface area (Å²) in [5.41, 5.74) is -1.14. The van der Waals surface area contributed by atoms with E-state index in [4.69, 9.17) is 0 Å². The zero-order chi connectivity index (χ0) is 18.8. The molecule has 26 heavy (non-hydrogen) atoms. The molecule has 1 heterocycles. The van der Waals surface area contributed by atoms with Crippen molar-refractivity contribution < 1.29 is 14.3 Å². The van der Waals surface area contributed by atoms with Crippen LogP contribution in [0.15, 0.2) is 58.1 Å². The van der Waals surface area contributed by atoms with Crippen LogP contribution in [0.5, 0.6) is 0 Å². The first-order valence-electron chi connectivity index (χ1n) is 7.66. The van der Waals surface area contributed by atoms with Crippen molar-refractivity contribution in [1.29, 1.82) is 0 Å². The molecule has 0 aliphatic carbocycles. The molecule has 0 spiro atoms. The molecule has 1 aromatic heterocycles. The summed E-state index contributed by atoms with van der Waals surface area (Å²) in [6.07, 6.45) is 0. The summed E-state index contributed by atoms with van der Waals surface area (Å²) >= 11 is 0. The van der Waals surface area contributed by atoms with Crippen molar-refractivity contribution in [1.82, 2.24) is 14.3 Å². The first-order chi connectivity index (χ1) is 12.4. The normalized spacial score (nSPS) is 10.7. The Morgan fingerprint density at radius 2 is 1.88 bits per heavy atom. The molecule has 1 N–H and O–H groups in total. The number of aromatic nitrogens is 3. The average molecular weight is 355 g/mol. The second-order valence-electron chi connectivity index (χ2n) is 5.65. The van der Waals surface area contributed by atoms with Crippen molar-refractivity contribution in [2.24, 2.45) is 0 Å². The van der Waals surface area contributed by atoms with E-state index in [-0.39, 0.29) is 12.2 Å². The summed E-state index contributed by atoms with van der Waals surface area (Å²) < 4.78 is 15.0. The summed E-state index contributed by atoms with van der Waals surface area (Å²) in [6, 6.07) is 12.1. The molecule has 0 atom stereocenters. The molecule has 3 aromatic rings. The molecule has 0 fully saturated rings. The Kier molecular flexibility index (Phi) is 4.49. The minimum absolute atomic E-state index is 0.0241. The van der Waals surface area contributed by atoms with Crippen LogP contribution in [0.1, 0.15) is 21.6 Å². The predicted molar refractivity (Wildman–Crippen MR) is 91.3 cm³/mol. The van der Waals surface area contributed by atoms with Crippen molar-refractivity contribution in [3.05, 3.63) is 92.0 Å². The van der Waals surface area contributed by atoms with Crippen LogP contribution >= 0.6 is 0 Å². The van der Waals surface area contributed by atoms with Gasteiger partial charge in [-0.25, -0.2) is 14.0 Å². The molecule has 7 nitrogen and oxygen atoms in total. The van der Waals surface area contributed by atoms with Crippen molar-refractivity contribution in [2.75, 3.05) is 0 Å². The summed E-state index contributed by atoms with van der Waals surface area (Å²) in [6.45, 7) is 1.69. The predicted octanol–water partition coefficient (Wildman–Crippen LogP) is 1.59. The van der Waals surface area contributed by atoms with Gasteiger partial charge in [0.05, 0.1) is 12.2 Å². The van der Waals surface area contributed by atoms with Gasteiger partial charge in [0.1, 0.15) is 5.82 Å². The minimum atomic E-state index is -1.57. The van der Waals surface area contributed by atoms with Crippen molar-refractivity contribution in [3.8, 4) is 5.69 Å². The molecule has 3 rings (SSSR count). The van der Waals surface area contributed by atoms with Crippen LogP contribution in [0.2, 0.25) is 0 Å². The van der Waals surface area contributed by atoms with Crippen LogP contribution in [0.3, 0.4) is 0 Å². The summed E-state index contributed by atoms with van der Waals surface area (Å²) in [4.78, 5) is 36.6. The number of carboxylic acids is 1. The second-order valence-corrected chi connectivity index (χ2v) is 5.65. The second kappa shape index (κ2) is 6.75. The molecule has 0 saturated carbocycles. The zero-order valence-corrected chi connectivity index (χ0v) is 13.7. The number of carbonyl (C=O) groups is 1. The fourth-order valence-electron chi connectivity index (χ4n) is 2.52. The van der Waals surface area contributed by atoms with Gasteiger partial charge in [0.25, 0.3) is 5.56 Å². The number of halogens is 1. The zero-order valence-electron chi connectivity index (χ0n) is 13.7. The molecule has 0 amide bonds. The van der Waals surface area contributed by atoms with E-state index in [0.717, 1.165) is 16.2 Å². The molecule has 132 valence electrons. The summed E-state index contributed by atoms with van der Waals surface area (Å²) in [7, 11) is 0. The first-order valence-corrected chi connectivity index (χ1v) is 7.66. The van der Waals surface area contributed by atoms with Gasteiger partial charge in [-0.2, -0.15) is 9.78 Å². The number of benzene rings is 2. The van der Waals surface area contributed by atoms with Gasteiger partial charge in [0.2, 0.25) is 5.69 Å². The maximum atomic E-state index is 13.5.